The van der Waals surface area contributed by atoms with Crippen LogP contribution in [-0.2, 0) is 4.74 Å². The largest absolute Gasteiger partial charge is 0.377 e. The van der Waals surface area contributed by atoms with Gasteiger partial charge in [-0.05, 0) is 6.92 Å². The first-order valence-electron chi connectivity index (χ1n) is 4.53. The molecule has 0 atom stereocenters. The molecule has 2 fully saturated rings. The number of rotatable bonds is 1. The lowest BCUT2D eigenvalue weighted by molar-refractivity contribution is -0.140. The third-order valence-electron chi connectivity index (χ3n) is 2.90. The summed E-state index contributed by atoms with van der Waals surface area (Å²) in [6.45, 7) is 8.16. The van der Waals surface area contributed by atoms with E-state index in [9.17, 15) is 0 Å². The third kappa shape index (κ3) is 1.35. The average Bonchev–Trinajstić information content (AvgIpc) is 2.02. The molecule has 2 aliphatic rings. The Kier molecular flexibility index (Phi) is 2.08. The topological polar surface area (TPSA) is 41.7 Å². The van der Waals surface area contributed by atoms with E-state index in [-0.39, 0.29) is 0 Å². The summed E-state index contributed by atoms with van der Waals surface area (Å²) in [4.78, 5) is 2.49. The van der Waals surface area contributed by atoms with Gasteiger partial charge in [0.1, 0.15) is 0 Å². The highest BCUT2D eigenvalue weighted by Crippen LogP contribution is 2.24. The van der Waals surface area contributed by atoms with Gasteiger partial charge in [-0.1, -0.05) is 0 Å². The van der Waals surface area contributed by atoms with Gasteiger partial charge in [-0.3, -0.25) is 10.7 Å². The Balaban J connectivity index is 1.88. The van der Waals surface area contributed by atoms with E-state index in [2.05, 4.69) is 11.8 Å². The Bertz CT molecular complexity index is 162. The fourth-order valence-corrected chi connectivity index (χ4v) is 1.84. The van der Waals surface area contributed by atoms with Gasteiger partial charge >= 0.3 is 0 Å². The smallest absolute Gasteiger partial charge is 0.0671 e. The van der Waals surface area contributed by atoms with Gasteiger partial charge in [0, 0.05) is 26.2 Å². The van der Waals surface area contributed by atoms with Gasteiger partial charge in [-0.25, -0.2) is 5.01 Å². The van der Waals surface area contributed by atoms with E-state index in [1.807, 2.05) is 5.01 Å². The molecule has 2 saturated heterocycles. The second-order valence-corrected chi connectivity index (χ2v) is 4.01. The molecule has 2 aliphatic heterocycles. The lowest BCUT2D eigenvalue weighted by Gasteiger charge is -2.49. The summed E-state index contributed by atoms with van der Waals surface area (Å²) in [6, 6.07) is 0. The van der Waals surface area contributed by atoms with E-state index in [0.717, 1.165) is 39.4 Å². The number of nitrogens with zero attached hydrogens (tertiary/aromatic N) is 2. The lowest BCUT2D eigenvalue weighted by atomic mass is 9.97. The minimum atomic E-state index is 0.307. The van der Waals surface area contributed by atoms with Crippen molar-refractivity contribution in [3.05, 3.63) is 0 Å². The zero-order chi connectivity index (χ0) is 8.60. The average molecular weight is 171 g/mol. The first kappa shape index (κ1) is 8.44. The molecule has 2 N–H and O–H groups in total. The summed E-state index contributed by atoms with van der Waals surface area (Å²) in [7, 11) is 0. The minimum Gasteiger partial charge on any atom is -0.377 e. The van der Waals surface area contributed by atoms with Crippen LogP contribution in [0.2, 0.25) is 0 Å². The highest BCUT2D eigenvalue weighted by molar-refractivity contribution is 4.93. The third-order valence-corrected chi connectivity index (χ3v) is 2.90. The van der Waals surface area contributed by atoms with E-state index in [0.29, 0.717) is 5.54 Å². The first-order valence-corrected chi connectivity index (χ1v) is 4.53. The number of nitrogens with two attached hydrogens (primary N) is 1. The van der Waals surface area contributed by atoms with Crippen molar-refractivity contribution in [2.75, 3.05) is 39.4 Å². The van der Waals surface area contributed by atoms with E-state index >= 15 is 0 Å². The molecule has 4 nitrogen and oxygen atoms in total. The monoisotopic (exact) mass is 171 g/mol. The maximum atomic E-state index is 5.68. The predicted octanol–water partition coefficient (Wildman–Crippen LogP) is -0.733. The second-order valence-electron chi connectivity index (χ2n) is 4.01. The van der Waals surface area contributed by atoms with Crippen molar-refractivity contribution in [3.8, 4) is 0 Å². The molecule has 0 saturated carbocycles. The number of hydrogen-bond acceptors (Lipinski definition) is 4. The molecule has 0 radical (unpaired) electrons. The zero-order valence-electron chi connectivity index (χ0n) is 7.62. The van der Waals surface area contributed by atoms with E-state index in [1.165, 1.54) is 0 Å². The summed E-state index contributed by atoms with van der Waals surface area (Å²) >= 11 is 0. The highest BCUT2D eigenvalue weighted by atomic mass is 16.5. The Morgan fingerprint density at radius 3 is 2.17 bits per heavy atom. The van der Waals surface area contributed by atoms with Gasteiger partial charge in [0.25, 0.3) is 0 Å². The molecule has 2 heterocycles. The van der Waals surface area contributed by atoms with Crippen molar-refractivity contribution in [2.24, 2.45) is 5.84 Å². The van der Waals surface area contributed by atoms with Crippen LogP contribution in [0.3, 0.4) is 0 Å². The molecule has 70 valence electrons. The van der Waals surface area contributed by atoms with Crippen molar-refractivity contribution >= 4 is 0 Å². The van der Waals surface area contributed by atoms with Gasteiger partial charge in [-0.15, -0.1) is 0 Å². The number of ether oxygens (including phenoxy) is 1. The highest BCUT2D eigenvalue weighted by Gasteiger charge is 2.40. The normalized spacial score (nSPS) is 31.5. The van der Waals surface area contributed by atoms with Gasteiger partial charge in [0.15, 0.2) is 0 Å². The van der Waals surface area contributed by atoms with Crippen LogP contribution in [0.1, 0.15) is 6.92 Å². The molecular weight excluding hydrogens is 154 g/mol. The van der Waals surface area contributed by atoms with Crippen molar-refractivity contribution in [3.63, 3.8) is 0 Å². The molecule has 0 amide bonds. The maximum absolute atomic E-state index is 5.68. The lowest BCUT2D eigenvalue weighted by Crippen LogP contribution is -2.65. The van der Waals surface area contributed by atoms with Crippen LogP contribution in [0.15, 0.2) is 0 Å². The Hall–Kier alpha value is -0.160. The van der Waals surface area contributed by atoms with Crippen LogP contribution in [-0.4, -0.2) is 54.8 Å². The Morgan fingerprint density at radius 2 is 1.75 bits per heavy atom. The zero-order valence-corrected chi connectivity index (χ0v) is 7.62. The Morgan fingerprint density at radius 1 is 1.17 bits per heavy atom. The van der Waals surface area contributed by atoms with Crippen molar-refractivity contribution < 1.29 is 4.74 Å². The molecule has 0 aromatic rings. The van der Waals surface area contributed by atoms with Crippen LogP contribution < -0.4 is 5.84 Å². The summed E-state index contributed by atoms with van der Waals surface area (Å²) in [5.41, 5.74) is 0.307. The van der Waals surface area contributed by atoms with Crippen LogP contribution in [0.4, 0.5) is 0 Å². The first-order chi connectivity index (χ1) is 5.71. The molecule has 12 heavy (non-hydrogen) atoms. The molecule has 0 aliphatic carbocycles. The van der Waals surface area contributed by atoms with Crippen LogP contribution >= 0.6 is 0 Å². The summed E-state index contributed by atoms with van der Waals surface area (Å²) in [6.07, 6.45) is 0. The summed E-state index contributed by atoms with van der Waals surface area (Å²) in [5.74, 6) is 5.68. The van der Waals surface area contributed by atoms with Gasteiger partial charge in [-0.2, -0.15) is 0 Å². The van der Waals surface area contributed by atoms with Crippen molar-refractivity contribution in [1.82, 2.24) is 9.91 Å². The van der Waals surface area contributed by atoms with Gasteiger partial charge in [0.2, 0.25) is 0 Å². The molecule has 0 spiro atoms. The maximum Gasteiger partial charge on any atom is 0.0671 e. The van der Waals surface area contributed by atoms with Crippen LogP contribution in [0, 0.1) is 0 Å². The van der Waals surface area contributed by atoms with Crippen LogP contribution in [0.25, 0.3) is 0 Å². The number of hydrogen-bond donors (Lipinski definition) is 1. The van der Waals surface area contributed by atoms with Gasteiger partial charge in [0.05, 0.1) is 18.8 Å². The molecule has 0 unspecified atom stereocenters. The molecule has 2 rings (SSSR count). The fraction of sp³-hybridized carbons (Fsp3) is 1.00. The molecule has 0 bridgehead atoms. The standard InChI is InChI=1S/C8H17N3O/c1-8(6-12-7-8)10-2-4-11(9)5-3-10/h2-7,9H2,1H3. The Labute approximate surface area is 73.2 Å². The fourth-order valence-electron chi connectivity index (χ4n) is 1.84. The van der Waals surface area contributed by atoms with E-state index in [4.69, 9.17) is 10.6 Å². The molecule has 0 aromatic heterocycles. The second kappa shape index (κ2) is 2.96. The van der Waals surface area contributed by atoms with Crippen molar-refractivity contribution in [2.45, 2.75) is 12.5 Å². The SMILES string of the molecule is CC1(N2CCN(N)CC2)COC1. The molecule has 0 aromatic carbocycles. The number of hydrazine groups is 1. The van der Waals surface area contributed by atoms with Gasteiger partial charge < -0.3 is 4.74 Å². The molecular formula is C8H17N3O. The van der Waals surface area contributed by atoms with Crippen LogP contribution in [0.5, 0.6) is 0 Å². The van der Waals surface area contributed by atoms with E-state index in [1.54, 1.807) is 0 Å². The number of piperazine rings is 1. The van der Waals surface area contributed by atoms with Crippen molar-refractivity contribution in [1.29, 1.82) is 0 Å². The summed E-state index contributed by atoms with van der Waals surface area (Å²) in [5, 5.41) is 1.89. The minimum absolute atomic E-state index is 0.307. The predicted molar refractivity (Wildman–Crippen MR) is 46.6 cm³/mol. The quantitative estimate of drug-likeness (QED) is 0.528. The summed E-state index contributed by atoms with van der Waals surface area (Å²) < 4.78 is 5.23. The van der Waals surface area contributed by atoms with E-state index < -0.39 is 0 Å². The molecule has 4 heteroatoms.